The van der Waals surface area contributed by atoms with E-state index in [2.05, 4.69) is 18.8 Å². The minimum atomic E-state index is -0.923. The van der Waals surface area contributed by atoms with Gasteiger partial charge in [-0.05, 0) is 31.5 Å². The molecule has 5 rings (SSSR count). The van der Waals surface area contributed by atoms with E-state index in [1.165, 1.54) is 0 Å². The molecule has 4 heterocycles. The van der Waals surface area contributed by atoms with Crippen LogP contribution < -0.4 is 5.56 Å². The maximum Gasteiger partial charge on any atom is 0.270 e. The van der Waals surface area contributed by atoms with Crippen LogP contribution in [0.3, 0.4) is 0 Å². The Morgan fingerprint density at radius 3 is 2.81 bits per heavy atom. The Bertz CT molecular complexity index is 1190. The number of hydrogen-bond acceptors (Lipinski definition) is 7. The lowest BCUT2D eigenvalue weighted by Gasteiger charge is -2.40. The van der Waals surface area contributed by atoms with E-state index in [0.717, 1.165) is 28.3 Å². The van der Waals surface area contributed by atoms with Gasteiger partial charge in [-0.3, -0.25) is 19.4 Å². The minimum absolute atomic E-state index is 0.0668. The number of carbonyl (C=O) groups excluding carboxylic acids is 1. The van der Waals surface area contributed by atoms with E-state index in [1.54, 1.807) is 25.6 Å². The maximum atomic E-state index is 13.3. The van der Waals surface area contributed by atoms with E-state index in [-0.39, 0.29) is 17.9 Å². The summed E-state index contributed by atoms with van der Waals surface area (Å²) < 4.78 is 15.9. The number of carbonyl (C=O) groups is 1. The van der Waals surface area contributed by atoms with Gasteiger partial charge in [-0.1, -0.05) is 6.07 Å². The van der Waals surface area contributed by atoms with Crippen molar-refractivity contribution in [1.29, 1.82) is 0 Å². The molecular formula is C18H17N5O3S. The Morgan fingerprint density at radius 1 is 1.22 bits per heavy atom. The predicted molar refractivity (Wildman–Crippen MR) is 101 cm³/mol. The molecule has 1 aromatic carbocycles. The third kappa shape index (κ3) is 2.28. The van der Waals surface area contributed by atoms with Gasteiger partial charge in [-0.15, -0.1) is 0 Å². The number of aromatic amines is 1. The second kappa shape index (κ2) is 5.43. The topological polar surface area (TPSA) is 102 Å². The van der Waals surface area contributed by atoms with Crippen molar-refractivity contribution < 1.29 is 9.53 Å². The number of benzene rings is 1. The third-order valence-corrected chi connectivity index (χ3v) is 5.98. The molecule has 2 unspecified atom stereocenters. The summed E-state index contributed by atoms with van der Waals surface area (Å²) in [5.41, 5.74) is 2.43. The number of ketones is 1. The largest absolute Gasteiger partial charge is 0.362 e. The molecule has 8 nitrogen and oxygen atoms in total. The molecule has 9 heteroatoms. The van der Waals surface area contributed by atoms with Gasteiger partial charge in [0.1, 0.15) is 16.6 Å². The van der Waals surface area contributed by atoms with Crippen LogP contribution in [0.4, 0.5) is 5.82 Å². The zero-order valence-electron chi connectivity index (χ0n) is 15.0. The molecule has 27 heavy (non-hydrogen) atoms. The van der Waals surface area contributed by atoms with Gasteiger partial charge < -0.3 is 4.74 Å². The molecule has 1 fully saturated rings. The number of aliphatic imine (C=N–C) groups is 1. The van der Waals surface area contributed by atoms with Crippen LogP contribution in [0.15, 0.2) is 28.0 Å². The van der Waals surface area contributed by atoms with Crippen molar-refractivity contribution in [2.75, 3.05) is 6.61 Å². The molecule has 0 aliphatic carbocycles. The fourth-order valence-corrected chi connectivity index (χ4v) is 4.52. The number of rotatable bonds is 1. The van der Waals surface area contributed by atoms with Crippen molar-refractivity contribution in [3.63, 3.8) is 0 Å². The van der Waals surface area contributed by atoms with E-state index < -0.39 is 17.4 Å². The number of aromatic nitrogens is 4. The summed E-state index contributed by atoms with van der Waals surface area (Å²) in [4.78, 5) is 30.6. The van der Waals surface area contributed by atoms with E-state index in [9.17, 15) is 9.59 Å². The van der Waals surface area contributed by atoms with Crippen LogP contribution in [0.5, 0.6) is 0 Å². The highest BCUT2D eigenvalue weighted by Crippen LogP contribution is 2.44. The highest BCUT2D eigenvalue weighted by Gasteiger charge is 2.50. The lowest BCUT2D eigenvalue weighted by atomic mass is 9.70. The zero-order chi connectivity index (χ0) is 18.9. The predicted octanol–water partition coefficient (Wildman–Crippen LogP) is 1.93. The second-order valence-electron chi connectivity index (χ2n) is 7.47. The highest BCUT2D eigenvalue weighted by molar-refractivity contribution is 7.00. The Morgan fingerprint density at radius 2 is 2.00 bits per heavy atom. The standard InChI is InChI=1S/C18H17N5O3S/c1-18(2)15(24)13-11(7-26-18)19-16-14(17(25)20-23(16)3)12(13)8-4-5-9-10(6-8)22-27-21-9/h4-6,12-13H,7H2,1-3H3,(H,20,25). The van der Waals surface area contributed by atoms with Crippen LogP contribution in [-0.4, -0.2) is 42.2 Å². The van der Waals surface area contributed by atoms with Gasteiger partial charge in [-0.25, -0.2) is 4.99 Å². The molecule has 2 aliphatic heterocycles. The van der Waals surface area contributed by atoms with Crippen LogP contribution in [0.25, 0.3) is 11.0 Å². The molecular weight excluding hydrogens is 366 g/mol. The van der Waals surface area contributed by atoms with Crippen molar-refractivity contribution in [2.24, 2.45) is 18.0 Å². The average Bonchev–Trinajstić information content (AvgIpc) is 3.21. The Kier molecular flexibility index (Phi) is 3.32. The van der Waals surface area contributed by atoms with Gasteiger partial charge in [0, 0.05) is 13.0 Å². The molecule has 2 aliphatic rings. The molecule has 2 atom stereocenters. The molecule has 2 aromatic heterocycles. The Labute approximate surface area is 158 Å². The number of hydrogen-bond donors (Lipinski definition) is 1. The normalized spacial score (nSPS) is 23.8. The van der Waals surface area contributed by atoms with Crippen LogP contribution in [0.2, 0.25) is 0 Å². The number of aryl methyl sites for hydroxylation is 1. The smallest absolute Gasteiger partial charge is 0.270 e. The molecule has 0 radical (unpaired) electrons. The second-order valence-corrected chi connectivity index (χ2v) is 8.00. The molecule has 3 aromatic rings. The number of nitrogens with one attached hydrogen (secondary N) is 1. The fraction of sp³-hybridized carbons (Fsp3) is 0.389. The first-order chi connectivity index (χ1) is 12.9. The SMILES string of the molecule is Cn1[nH]c(=O)c2c1N=C1COC(C)(C)C(=O)C1C2c1ccc2nsnc2c1. The van der Waals surface area contributed by atoms with Crippen molar-refractivity contribution in [3.8, 4) is 0 Å². The first-order valence-electron chi connectivity index (χ1n) is 8.63. The fourth-order valence-electron chi connectivity index (χ4n) is 4.00. The van der Waals surface area contributed by atoms with Crippen LogP contribution >= 0.6 is 11.7 Å². The average molecular weight is 383 g/mol. The number of Topliss-reactive ketones (excluding diaryl/α,β-unsaturated/α-hetero) is 1. The van der Waals surface area contributed by atoms with E-state index in [0.29, 0.717) is 17.1 Å². The summed E-state index contributed by atoms with van der Waals surface area (Å²) >= 11 is 1.14. The molecule has 0 amide bonds. The van der Waals surface area contributed by atoms with Gasteiger partial charge in [0.25, 0.3) is 5.56 Å². The number of nitrogens with zero attached hydrogens (tertiary/aromatic N) is 4. The van der Waals surface area contributed by atoms with Gasteiger partial charge in [0.2, 0.25) is 0 Å². The monoisotopic (exact) mass is 383 g/mol. The van der Waals surface area contributed by atoms with Crippen molar-refractivity contribution in [3.05, 3.63) is 39.7 Å². The Hall–Kier alpha value is -2.65. The van der Waals surface area contributed by atoms with Gasteiger partial charge >= 0.3 is 0 Å². The maximum absolute atomic E-state index is 13.3. The van der Waals surface area contributed by atoms with Gasteiger partial charge in [-0.2, -0.15) is 8.75 Å². The number of H-pyrrole nitrogens is 1. The molecule has 1 saturated heterocycles. The van der Waals surface area contributed by atoms with Gasteiger partial charge in [0.15, 0.2) is 11.6 Å². The molecule has 138 valence electrons. The lowest BCUT2D eigenvalue weighted by molar-refractivity contribution is -0.144. The first-order valence-corrected chi connectivity index (χ1v) is 9.36. The van der Waals surface area contributed by atoms with Crippen molar-refractivity contribution in [2.45, 2.75) is 25.4 Å². The summed E-state index contributed by atoms with van der Waals surface area (Å²) in [7, 11) is 1.74. The zero-order valence-corrected chi connectivity index (χ0v) is 15.8. The molecule has 1 N–H and O–H groups in total. The van der Waals surface area contributed by atoms with E-state index >= 15 is 0 Å². The molecule has 0 saturated carbocycles. The summed E-state index contributed by atoms with van der Waals surface area (Å²) in [6, 6.07) is 5.72. The lowest BCUT2D eigenvalue weighted by Crippen LogP contribution is -2.53. The van der Waals surface area contributed by atoms with Crippen LogP contribution in [-0.2, 0) is 16.6 Å². The summed E-state index contributed by atoms with van der Waals surface area (Å²) in [5.74, 6) is -0.486. The molecule has 0 bridgehead atoms. The van der Waals surface area contributed by atoms with Crippen LogP contribution in [0.1, 0.15) is 30.9 Å². The number of ether oxygens (including phenoxy) is 1. The number of fused-ring (bicyclic) bond motifs is 3. The molecule has 0 spiro atoms. The summed E-state index contributed by atoms with van der Waals surface area (Å²) in [6.07, 6.45) is 0. The van der Waals surface area contributed by atoms with Crippen molar-refractivity contribution >= 4 is 40.1 Å². The first kappa shape index (κ1) is 16.5. The highest BCUT2D eigenvalue weighted by atomic mass is 32.1. The summed E-state index contributed by atoms with van der Waals surface area (Å²) in [6.45, 7) is 3.79. The third-order valence-electron chi connectivity index (χ3n) is 5.42. The van der Waals surface area contributed by atoms with Gasteiger partial charge in [0.05, 0.1) is 35.5 Å². The Balaban J connectivity index is 1.78. The minimum Gasteiger partial charge on any atom is -0.362 e. The van der Waals surface area contributed by atoms with Crippen LogP contribution in [0, 0.1) is 5.92 Å². The summed E-state index contributed by atoms with van der Waals surface area (Å²) in [5, 5.41) is 2.77. The van der Waals surface area contributed by atoms with Crippen molar-refractivity contribution in [1.82, 2.24) is 18.5 Å². The quantitative estimate of drug-likeness (QED) is 0.692. The van der Waals surface area contributed by atoms with E-state index in [4.69, 9.17) is 4.74 Å². The van der Waals surface area contributed by atoms with E-state index in [1.807, 2.05) is 18.2 Å².